The Bertz CT molecular complexity index is 1880. The topological polar surface area (TPSA) is 130 Å². The molecule has 1 unspecified atom stereocenters. The maximum Gasteiger partial charge on any atom is 0.284 e. The number of likely N-dealkylation sites (tertiary alicyclic amines) is 1. The highest BCUT2D eigenvalue weighted by molar-refractivity contribution is 6.04. The highest BCUT2D eigenvalue weighted by atomic mass is 19.1. The molecule has 44 heavy (non-hydrogen) atoms. The zero-order chi connectivity index (χ0) is 30.8. The molecular weight excluding hydrogens is 577 g/mol. The Labute approximate surface area is 248 Å². The molecule has 0 bridgehead atoms. The van der Waals surface area contributed by atoms with Gasteiger partial charge in [0.1, 0.15) is 28.7 Å². The second-order valence-corrected chi connectivity index (χ2v) is 10.2. The van der Waals surface area contributed by atoms with Crippen molar-refractivity contribution in [1.29, 1.82) is 0 Å². The van der Waals surface area contributed by atoms with Crippen LogP contribution in [0.2, 0.25) is 0 Å². The van der Waals surface area contributed by atoms with Crippen LogP contribution < -0.4 is 20.9 Å². The molecule has 14 heteroatoms. The third-order valence-electron chi connectivity index (χ3n) is 7.39. The number of hydrogen-bond donors (Lipinski definition) is 3. The summed E-state index contributed by atoms with van der Waals surface area (Å²) in [5.41, 5.74) is -0.272. The molecule has 4 heterocycles. The molecule has 11 nitrogen and oxygen atoms in total. The molecule has 0 spiro atoms. The molecular formula is C30H27F3N8O3. The van der Waals surface area contributed by atoms with Gasteiger partial charge in [-0.15, -0.1) is 0 Å². The van der Waals surface area contributed by atoms with Gasteiger partial charge in [0.2, 0.25) is 0 Å². The lowest BCUT2D eigenvalue weighted by Crippen LogP contribution is -2.47. The molecule has 5 aromatic rings. The molecule has 1 amide bonds. The molecule has 1 aliphatic heterocycles. The molecule has 3 aromatic heterocycles. The average Bonchev–Trinajstić information content (AvgIpc) is 3.43. The molecule has 1 saturated heterocycles. The number of aromatic amines is 1. The van der Waals surface area contributed by atoms with E-state index in [9.17, 15) is 18.4 Å². The van der Waals surface area contributed by atoms with Crippen LogP contribution in [0, 0.1) is 11.6 Å². The number of piperidine rings is 1. The molecule has 2 atom stereocenters. The number of benzene rings is 2. The van der Waals surface area contributed by atoms with Crippen LogP contribution in [0.5, 0.6) is 11.5 Å². The van der Waals surface area contributed by atoms with E-state index in [1.165, 1.54) is 54.9 Å². The number of ether oxygens (including phenoxy) is 1. The van der Waals surface area contributed by atoms with Gasteiger partial charge in [0.25, 0.3) is 11.5 Å². The normalized spacial score (nSPS) is 17.0. The number of H-pyrrole nitrogens is 1. The Morgan fingerprint density at radius 3 is 2.66 bits per heavy atom. The number of hydrogen-bond acceptors (Lipinski definition) is 8. The number of amides is 1. The van der Waals surface area contributed by atoms with Gasteiger partial charge in [-0.2, -0.15) is 14.9 Å². The van der Waals surface area contributed by atoms with Crippen LogP contribution in [-0.4, -0.2) is 67.6 Å². The molecule has 0 radical (unpaired) electrons. The lowest BCUT2D eigenvalue weighted by molar-refractivity contribution is 0.102. The monoisotopic (exact) mass is 604 g/mol. The van der Waals surface area contributed by atoms with Gasteiger partial charge in [0.15, 0.2) is 23.0 Å². The number of nitrogens with one attached hydrogen (secondary N) is 3. The first kappa shape index (κ1) is 28.9. The minimum absolute atomic E-state index is 0.0716. The number of pyridine rings is 1. The average molecular weight is 605 g/mol. The number of fused-ring (bicyclic) bond motifs is 1. The van der Waals surface area contributed by atoms with E-state index in [2.05, 4.69) is 30.9 Å². The lowest BCUT2D eigenvalue weighted by Gasteiger charge is -2.34. The Morgan fingerprint density at radius 1 is 1.09 bits per heavy atom. The summed E-state index contributed by atoms with van der Waals surface area (Å²) in [6.45, 7) is 3.83. The summed E-state index contributed by atoms with van der Waals surface area (Å²) >= 11 is 0. The summed E-state index contributed by atoms with van der Waals surface area (Å²) in [7, 11) is 0. The van der Waals surface area contributed by atoms with Crippen molar-refractivity contribution in [3.05, 3.63) is 94.5 Å². The largest absolute Gasteiger partial charge is 0.453 e. The van der Waals surface area contributed by atoms with Crippen molar-refractivity contribution in [2.24, 2.45) is 0 Å². The van der Waals surface area contributed by atoms with Crippen molar-refractivity contribution < 1.29 is 22.7 Å². The Kier molecular flexibility index (Phi) is 7.98. The minimum Gasteiger partial charge on any atom is -0.453 e. The molecule has 1 fully saturated rings. The SMILES string of the molecule is CCN1CC[C@H](Nc2n[nH]c3nccc(Oc4ccc(NC(=O)c5ccnn(-c6ccc(F)cc6)c5=O)cc4F)c23)C(F)C1. The third-order valence-corrected chi connectivity index (χ3v) is 7.39. The smallest absolute Gasteiger partial charge is 0.284 e. The predicted molar refractivity (Wildman–Crippen MR) is 157 cm³/mol. The molecule has 6 rings (SSSR count). The highest BCUT2D eigenvalue weighted by Crippen LogP contribution is 2.35. The van der Waals surface area contributed by atoms with E-state index in [1.807, 2.05) is 11.8 Å². The summed E-state index contributed by atoms with van der Waals surface area (Å²) in [6.07, 6.45) is 2.21. The number of rotatable bonds is 8. The quantitative estimate of drug-likeness (QED) is 0.233. The van der Waals surface area contributed by atoms with Crippen molar-refractivity contribution in [3.63, 3.8) is 0 Å². The van der Waals surface area contributed by atoms with E-state index >= 15 is 4.39 Å². The number of halogens is 3. The van der Waals surface area contributed by atoms with Crippen molar-refractivity contribution >= 4 is 28.4 Å². The molecule has 2 aromatic carbocycles. The van der Waals surface area contributed by atoms with Crippen LogP contribution in [0.3, 0.4) is 0 Å². The van der Waals surface area contributed by atoms with E-state index in [1.54, 1.807) is 6.07 Å². The summed E-state index contributed by atoms with van der Waals surface area (Å²) in [6, 6.07) is 11.1. The van der Waals surface area contributed by atoms with Crippen LogP contribution in [0.25, 0.3) is 16.7 Å². The number of carbonyl (C=O) groups is 1. The maximum absolute atomic E-state index is 15.2. The van der Waals surface area contributed by atoms with Gasteiger partial charge in [-0.1, -0.05) is 6.92 Å². The van der Waals surface area contributed by atoms with Crippen molar-refractivity contribution in [2.75, 3.05) is 30.3 Å². The number of aromatic nitrogens is 5. The Balaban J connectivity index is 1.19. The Hall–Kier alpha value is -5.24. The van der Waals surface area contributed by atoms with Gasteiger partial charge >= 0.3 is 0 Å². The zero-order valence-corrected chi connectivity index (χ0v) is 23.4. The van der Waals surface area contributed by atoms with Crippen molar-refractivity contribution in [2.45, 2.75) is 25.6 Å². The first-order valence-electron chi connectivity index (χ1n) is 13.9. The molecule has 0 saturated carbocycles. The van der Waals surface area contributed by atoms with Crippen LogP contribution >= 0.6 is 0 Å². The van der Waals surface area contributed by atoms with E-state index in [0.29, 0.717) is 29.8 Å². The number of anilines is 2. The predicted octanol–water partition coefficient (Wildman–Crippen LogP) is 4.67. The Morgan fingerprint density at radius 2 is 1.91 bits per heavy atom. The lowest BCUT2D eigenvalue weighted by atomic mass is 10.0. The van der Waals surface area contributed by atoms with Crippen molar-refractivity contribution in [1.82, 2.24) is 29.9 Å². The molecule has 226 valence electrons. The third kappa shape index (κ3) is 5.83. The highest BCUT2D eigenvalue weighted by Gasteiger charge is 2.30. The summed E-state index contributed by atoms with van der Waals surface area (Å²) < 4.78 is 50.2. The first-order valence-corrected chi connectivity index (χ1v) is 13.9. The van der Waals surface area contributed by atoms with Gasteiger partial charge in [-0.05, 0) is 55.4 Å². The second kappa shape index (κ2) is 12.2. The van der Waals surface area contributed by atoms with E-state index in [4.69, 9.17) is 4.74 Å². The fourth-order valence-electron chi connectivity index (χ4n) is 5.03. The number of alkyl halides is 1. The van der Waals surface area contributed by atoms with Crippen LogP contribution in [0.15, 0.2) is 71.8 Å². The second-order valence-electron chi connectivity index (χ2n) is 10.2. The standard InChI is InChI=1S/C30H27F3N8O3/c1-2-40-14-11-23(22(33)16-40)37-28-26-25(10-12-34-27(26)38-39-28)44-24-8-5-18(15-21(24)32)36-29(42)20-9-13-35-41(30(20)43)19-6-3-17(31)4-7-19/h3-10,12-13,15,22-23H,2,11,14,16H2,1H3,(H,36,42)(H2,34,37,38,39)/t22?,23-/m0/s1. The first-order chi connectivity index (χ1) is 21.3. The number of carbonyl (C=O) groups excluding carboxylic acids is 1. The summed E-state index contributed by atoms with van der Waals surface area (Å²) in [4.78, 5) is 32.1. The fraction of sp³-hybridized carbons (Fsp3) is 0.233. The van der Waals surface area contributed by atoms with E-state index < -0.39 is 35.3 Å². The van der Waals surface area contributed by atoms with Crippen LogP contribution in [-0.2, 0) is 0 Å². The van der Waals surface area contributed by atoms with Crippen LogP contribution in [0.4, 0.5) is 24.7 Å². The van der Waals surface area contributed by atoms with Crippen LogP contribution in [0.1, 0.15) is 23.7 Å². The zero-order valence-electron chi connectivity index (χ0n) is 23.4. The van der Waals surface area contributed by atoms with Gasteiger partial charge in [-0.3, -0.25) is 14.7 Å². The van der Waals surface area contributed by atoms with Gasteiger partial charge < -0.3 is 20.3 Å². The van der Waals surface area contributed by atoms with Crippen molar-refractivity contribution in [3.8, 4) is 17.2 Å². The number of nitrogens with zero attached hydrogens (tertiary/aromatic N) is 5. The van der Waals surface area contributed by atoms with E-state index in [-0.39, 0.29) is 28.4 Å². The summed E-state index contributed by atoms with van der Waals surface area (Å²) in [5, 5.41) is 17.1. The maximum atomic E-state index is 15.2. The van der Waals surface area contributed by atoms with Gasteiger partial charge in [-0.25, -0.2) is 18.2 Å². The van der Waals surface area contributed by atoms with Gasteiger partial charge in [0, 0.05) is 43.3 Å². The summed E-state index contributed by atoms with van der Waals surface area (Å²) in [5.74, 6) is -1.64. The van der Waals surface area contributed by atoms with E-state index in [0.717, 1.165) is 23.8 Å². The van der Waals surface area contributed by atoms with Gasteiger partial charge in [0.05, 0.1) is 11.7 Å². The minimum atomic E-state index is -1.10. The molecule has 1 aliphatic rings. The fourth-order valence-corrected chi connectivity index (χ4v) is 5.03. The molecule has 3 N–H and O–H groups in total. The molecule has 0 aliphatic carbocycles.